The van der Waals surface area contributed by atoms with Gasteiger partial charge in [-0.05, 0) is 93.0 Å². The minimum atomic E-state index is -0.539. The van der Waals surface area contributed by atoms with Gasteiger partial charge in [0.05, 0.1) is 5.69 Å². The SMILES string of the molecule is Cc1cccc(N2CCN(c3ccc(NC(=O)C(=O)c4c(C5CCCC5)cc5n4CCCC5)cc3)CC2)n1. The number of carbonyl (C=O) groups is 2. The normalized spacial score (nSPS) is 17.9. The van der Waals surface area contributed by atoms with Crippen LogP contribution < -0.4 is 15.1 Å². The molecule has 3 aliphatic rings. The Morgan fingerprint density at radius 3 is 2.34 bits per heavy atom. The summed E-state index contributed by atoms with van der Waals surface area (Å²) in [6.45, 7) is 6.49. The number of aromatic nitrogens is 2. The summed E-state index contributed by atoms with van der Waals surface area (Å²) in [4.78, 5) is 36.0. The van der Waals surface area contributed by atoms with Crippen LogP contribution in [0.15, 0.2) is 48.5 Å². The van der Waals surface area contributed by atoms with Crippen molar-refractivity contribution in [2.24, 2.45) is 0 Å². The van der Waals surface area contributed by atoms with Gasteiger partial charge in [-0.15, -0.1) is 0 Å². The standard InChI is InChI=1S/C31H37N5O2/c1-22-7-6-11-28(32-22)35-19-17-34(18-20-35)25-14-12-24(13-15-25)33-31(38)30(37)29-27(23-8-2-3-9-23)21-26-10-4-5-16-36(26)29/h6-7,11-15,21,23H,2-5,8-10,16-20H2,1H3,(H,33,38). The van der Waals surface area contributed by atoms with Gasteiger partial charge in [0.2, 0.25) is 0 Å². The number of piperazine rings is 1. The van der Waals surface area contributed by atoms with E-state index in [9.17, 15) is 9.59 Å². The van der Waals surface area contributed by atoms with Crippen LogP contribution in [0.2, 0.25) is 0 Å². The fourth-order valence-corrected chi connectivity index (χ4v) is 6.41. The minimum absolute atomic E-state index is 0.398. The van der Waals surface area contributed by atoms with Gasteiger partial charge in [0.15, 0.2) is 0 Å². The Hall–Kier alpha value is -3.61. The lowest BCUT2D eigenvalue weighted by Crippen LogP contribution is -2.46. The summed E-state index contributed by atoms with van der Waals surface area (Å²) in [6, 6.07) is 16.2. The van der Waals surface area contributed by atoms with Gasteiger partial charge in [-0.2, -0.15) is 0 Å². The van der Waals surface area contributed by atoms with Crippen LogP contribution in [0, 0.1) is 6.92 Å². The maximum Gasteiger partial charge on any atom is 0.298 e. The van der Waals surface area contributed by atoms with Gasteiger partial charge < -0.3 is 19.7 Å². The summed E-state index contributed by atoms with van der Waals surface area (Å²) < 4.78 is 2.13. The molecule has 2 aliphatic heterocycles. The van der Waals surface area contributed by atoms with Crippen LogP contribution >= 0.6 is 0 Å². The van der Waals surface area contributed by atoms with Crippen LogP contribution in [-0.2, 0) is 17.8 Å². The summed E-state index contributed by atoms with van der Waals surface area (Å²) in [5.74, 6) is 0.502. The second-order valence-electron chi connectivity index (χ2n) is 11.0. The molecule has 1 aromatic carbocycles. The summed E-state index contributed by atoms with van der Waals surface area (Å²) in [7, 11) is 0. The molecule has 1 amide bonds. The number of ketones is 1. The Morgan fingerprint density at radius 2 is 1.61 bits per heavy atom. The number of Topliss-reactive ketones (excluding diaryl/α,β-unsaturated/α-hetero) is 1. The molecule has 0 bridgehead atoms. The number of hydrogen-bond acceptors (Lipinski definition) is 5. The number of aryl methyl sites for hydroxylation is 2. The van der Waals surface area contributed by atoms with Crippen LogP contribution in [0.1, 0.15) is 71.9 Å². The third-order valence-corrected chi connectivity index (χ3v) is 8.46. The summed E-state index contributed by atoms with van der Waals surface area (Å²) in [5, 5.41) is 2.88. The van der Waals surface area contributed by atoms with E-state index in [1.807, 2.05) is 37.3 Å². The van der Waals surface area contributed by atoms with Crippen molar-refractivity contribution in [2.45, 2.75) is 64.3 Å². The molecule has 4 heterocycles. The predicted molar refractivity (Wildman–Crippen MR) is 151 cm³/mol. The topological polar surface area (TPSA) is 70.5 Å². The predicted octanol–water partition coefficient (Wildman–Crippen LogP) is 5.33. The van der Waals surface area contributed by atoms with Crippen molar-refractivity contribution in [3.05, 3.63) is 71.2 Å². The minimum Gasteiger partial charge on any atom is -0.368 e. The number of rotatable bonds is 6. The Kier molecular flexibility index (Phi) is 6.92. The molecule has 6 rings (SSSR count). The van der Waals surface area contributed by atoms with Crippen molar-refractivity contribution in [1.29, 1.82) is 0 Å². The van der Waals surface area contributed by atoms with E-state index in [0.717, 1.165) is 87.6 Å². The Labute approximate surface area is 224 Å². The number of pyridine rings is 1. The average Bonchev–Trinajstić information content (AvgIpc) is 3.61. The van der Waals surface area contributed by atoms with Gasteiger partial charge in [0.1, 0.15) is 5.82 Å². The maximum absolute atomic E-state index is 13.5. The highest BCUT2D eigenvalue weighted by molar-refractivity contribution is 6.46. The van der Waals surface area contributed by atoms with E-state index in [1.165, 1.54) is 18.5 Å². The molecule has 1 N–H and O–H groups in total. The summed E-state index contributed by atoms with van der Waals surface area (Å²) in [6.07, 6.45) is 7.84. The van der Waals surface area contributed by atoms with E-state index < -0.39 is 11.7 Å². The molecular weight excluding hydrogens is 474 g/mol. The fraction of sp³-hybridized carbons (Fsp3) is 0.452. The van der Waals surface area contributed by atoms with Gasteiger partial charge in [0, 0.05) is 55.5 Å². The van der Waals surface area contributed by atoms with Crippen molar-refractivity contribution in [3.8, 4) is 0 Å². The third-order valence-electron chi connectivity index (χ3n) is 8.46. The highest BCUT2D eigenvalue weighted by Crippen LogP contribution is 2.38. The zero-order chi connectivity index (χ0) is 26.1. The lowest BCUT2D eigenvalue weighted by molar-refractivity contribution is -0.112. The lowest BCUT2D eigenvalue weighted by atomic mass is 9.95. The van der Waals surface area contributed by atoms with Gasteiger partial charge >= 0.3 is 0 Å². The number of nitrogens with zero attached hydrogens (tertiary/aromatic N) is 4. The number of nitrogens with one attached hydrogen (secondary N) is 1. The van der Waals surface area contributed by atoms with E-state index in [1.54, 1.807) is 0 Å². The van der Waals surface area contributed by atoms with E-state index in [2.05, 4.69) is 42.9 Å². The van der Waals surface area contributed by atoms with E-state index >= 15 is 0 Å². The van der Waals surface area contributed by atoms with Crippen molar-refractivity contribution in [2.75, 3.05) is 41.3 Å². The molecule has 7 nitrogen and oxygen atoms in total. The summed E-state index contributed by atoms with van der Waals surface area (Å²) >= 11 is 0. The first-order chi connectivity index (χ1) is 18.6. The van der Waals surface area contributed by atoms with Crippen LogP contribution in [0.4, 0.5) is 17.2 Å². The molecule has 1 saturated carbocycles. The number of hydrogen-bond donors (Lipinski definition) is 1. The van der Waals surface area contributed by atoms with Crippen molar-refractivity contribution < 1.29 is 9.59 Å². The van der Waals surface area contributed by atoms with Crippen molar-refractivity contribution in [3.63, 3.8) is 0 Å². The van der Waals surface area contributed by atoms with Crippen LogP contribution in [0.3, 0.4) is 0 Å². The molecule has 1 saturated heterocycles. The molecule has 1 aliphatic carbocycles. The van der Waals surface area contributed by atoms with Gasteiger partial charge in [0.25, 0.3) is 11.7 Å². The highest BCUT2D eigenvalue weighted by Gasteiger charge is 2.32. The summed E-state index contributed by atoms with van der Waals surface area (Å²) in [5.41, 5.74) is 5.78. The Morgan fingerprint density at radius 1 is 0.868 bits per heavy atom. The van der Waals surface area contributed by atoms with E-state index in [4.69, 9.17) is 0 Å². The van der Waals surface area contributed by atoms with Crippen LogP contribution in [0.5, 0.6) is 0 Å². The van der Waals surface area contributed by atoms with Crippen molar-refractivity contribution >= 4 is 28.9 Å². The molecule has 198 valence electrons. The van der Waals surface area contributed by atoms with Crippen molar-refractivity contribution in [1.82, 2.24) is 9.55 Å². The molecule has 2 fully saturated rings. The second kappa shape index (κ2) is 10.6. The number of benzene rings is 1. The number of anilines is 3. The van der Waals surface area contributed by atoms with Gasteiger partial charge in [-0.1, -0.05) is 18.9 Å². The largest absolute Gasteiger partial charge is 0.368 e. The van der Waals surface area contributed by atoms with E-state index in [-0.39, 0.29) is 0 Å². The number of amides is 1. The molecule has 2 aromatic heterocycles. The molecule has 0 atom stereocenters. The molecule has 0 unspecified atom stereocenters. The third kappa shape index (κ3) is 4.94. The number of fused-ring (bicyclic) bond motifs is 1. The zero-order valence-electron chi connectivity index (χ0n) is 22.3. The molecular formula is C31H37N5O2. The molecule has 7 heteroatoms. The second-order valence-corrected chi connectivity index (χ2v) is 11.0. The van der Waals surface area contributed by atoms with Gasteiger partial charge in [-0.25, -0.2) is 4.98 Å². The molecule has 0 spiro atoms. The van der Waals surface area contributed by atoms with Crippen LogP contribution in [0.25, 0.3) is 0 Å². The first-order valence-corrected chi connectivity index (χ1v) is 14.2. The average molecular weight is 512 g/mol. The molecule has 0 radical (unpaired) electrons. The first kappa shape index (κ1) is 24.7. The first-order valence-electron chi connectivity index (χ1n) is 14.2. The Balaban J connectivity index is 1.11. The highest BCUT2D eigenvalue weighted by atomic mass is 16.2. The zero-order valence-corrected chi connectivity index (χ0v) is 22.3. The lowest BCUT2D eigenvalue weighted by Gasteiger charge is -2.36. The van der Waals surface area contributed by atoms with Crippen LogP contribution in [-0.4, -0.2) is 47.4 Å². The molecule has 38 heavy (non-hydrogen) atoms. The quantitative estimate of drug-likeness (QED) is 0.358. The maximum atomic E-state index is 13.5. The van der Waals surface area contributed by atoms with E-state index in [0.29, 0.717) is 17.3 Å². The Bertz CT molecular complexity index is 1310. The number of carbonyl (C=O) groups excluding carboxylic acids is 2. The van der Waals surface area contributed by atoms with Gasteiger partial charge in [-0.3, -0.25) is 9.59 Å². The molecule has 3 aromatic rings. The fourth-order valence-electron chi connectivity index (χ4n) is 6.41. The smallest absolute Gasteiger partial charge is 0.298 e. The monoisotopic (exact) mass is 511 g/mol.